The summed E-state index contributed by atoms with van der Waals surface area (Å²) >= 11 is 0. The Labute approximate surface area is 137 Å². The van der Waals surface area contributed by atoms with Gasteiger partial charge in [-0.2, -0.15) is 0 Å². The number of ether oxygens (including phenoxy) is 3. The molecule has 2 aromatic carbocycles. The maximum atomic E-state index is 11.8. The molecule has 23 heavy (non-hydrogen) atoms. The van der Waals surface area contributed by atoms with E-state index in [1.165, 1.54) is 0 Å². The van der Waals surface area contributed by atoms with E-state index >= 15 is 0 Å². The van der Waals surface area contributed by atoms with Gasteiger partial charge in [-0.15, -0.1) is 0 Å². The van der Waals surface area contributed by atoms with Gasteiger partial charge in [0.2, 0.25) is 0 Å². The molecule has 0 aromatic heterocycles. The highest BCUT2D eigenvalue weighted by molar-refractivity contribution is 5.74. The van der Waals surface area contributed by atoms with E-state index < -0.39 is 6.16 Å². The van der Waals surface area contributed by atoms with Crippen molar-refractivity contribution in [1.82, 2.24) is 0 Å². The molecule has 1 unspecified atom stereocenters. The molecule has 0 spiro atoms. The number of carbonyl (C=O) groups is 1. The Bertz CT molecular complexity index is 610. The number of benzene rings is 2. The first-order valence-corrected chi connectivity index (χ1v) is 7.81. The molecule has 2 rings (SSSR count). The second-order valence-electron chi connectivity index (χ2n) is 5.15. The van der Waals surface area contributed by atoms with Gasteiger partial charge in [-0.1, -0.05) is 55.5 Å². The molecule has 1 atom stereocenters. The van der Waals surface area contributed by atoms with Crippen LogP contribution in [0.4, 0.5) is 4.79 Å². The predicted molar refractivity (Wildman–Crippen MR) is 89.6 cm³/mol. The van der Waals surface area contributed by atoms with Crippen LogP contribution in [-0.2, 0) is 9.47 Å². The lowest BCUT2D eigenvalue weighted by molar-refractivity contribution is 0.0191. The van der Waals surface area contributed by atoms with Gasteiger partial charge < -0.3 is 14.2 Å². The molecule has 122 valence electrons. The number of hydrogen-bond acceptors (Lipinski definition) is 4. The zero-order valence-corrected chi connectivity index (χ0v) is 13.5. The van der Waals surface area contributed by atoms with E-state index in [1.807, 2.05) is 62.4 Å². The molecule has 2 aromatic rings. The van der Waals surface area contributed by atoms with Crippen molar-refractivity contribution in [1.29, 1.82) is 0 Å². The highest BCUT2D eigenvalue weighted by Gasteiger charge is 2.11. The average molecular weight is 314 g/mol. The summed E-state index contributed by atoms with van der Waals surface area (Å²) in [5.74, 6) is 0.478. The minimum atomic E-state index is -0.721. The third-order valence-corrected chi connectivity index (χ3v) is 3.45. The Hall–Kier alpha value is -2.33. The van der Waals surface area contributed by atoms with Crippen LogP contribution in [0.15, 0.2) is 54.6 Å². The van der Waals surface area contributed by atoms with Gasteiger partial charge in [0, 0.05) is 5.56 Å². The number of carbonyl (C=O) groups excluding carboxylic acids is 1. The van der Waals surface area contributed by atoms with Crippen LogP contribution in [0.3, 0.4) is 0 Å². The monoisotopic (exact) mass is 314 g/mol. The van der Waals surface area contributed by atoms with E-state index in [9.17, 15) is 4.79 Å². The fourth-order valence-electron chi connectivity index (χ4n) is 2.02. The Morgan fingerprint density at radius 1 is 1.00 bits per heavy atom. The van der Waals surface area contributed by atoms with Crippen LogP contribution in [0.1, 0.15) is 20.3 Å². The van der Waals surface area contributed by atoms with E-state index in [1.54, 1.807) is 6.07 Å². The van der Waals surface area contributed by atoms with Crippen molar-refractivity contribution >= 4 is 6.16 Å². The Morgan fingerprint density at radius 2 is 1.70 bits per heavy atom. The second kappa shape index (κ2) is 8.96. The van der Waals surface area contributed by atoms with Gasteiger partial charge in [-0.3, -0.25) is 0 Å². The highest BCUT2D eigenvalue weighted by Crippen LogP contribution is 2.29. The third kappa shape index (κ3) is 5.42. The molecule has 0 radical (unpaired) electrons. The standard InChI is InChI=1S/C19H22O4/c1-3-15(2)21-13-14-22-19(20)23-18-12-8-7-11-17(18)16-9-5-4-6-10-16/h4-12,15H,3,13-14H2,1-2H3. The molecule has 0 aliphatic rings. The van der Waals surface area contributed by atoms with E-state index in [0.717, 1.165) is 17.5 Å². The van der Waals surface area contributed by atoms with Gasteiger partial charge in [-0.25, -0.2) is 4.79 Å². The fraction of sp³-hybridized carbons (Fsp3) is 0.316. The lowest BCUT2D eigenvalue weighted by Gasteiger charge is -2.12. The summed E-state index contributed by atoms with van der Waals surface area (Å²) in [5, 5.41) is 0. The van der Waals surface area contributed by atoms with Gasteiger partial charge in [0.05, 0.1) is 12.7 Å². The third-order valence-electron chi connectivity index (χ3n) is 3.45. The number of para-hydroxylation sites is 1. The molecule has 0 saturated carbocycles. The van der Waals surface area contributed by atoms with Crippen LogP contribution in [0, 0.1) is 0 Å². The van der Waals surface area contributed by atoms with E-state index in [0.29, 0.717) is 12.4 Å². The summed E-state index contributed by atoms with van der Waals surface area (Å²) in [5.41, 5.74) is 1.83. The van der Waals surface area contributed by atoms with Crippen LogP contribution in [0.25, 0.3) is 11.1 Å². The molecule has 0 fully saturated rings. The van der Waals surface area contributed by atoms with Gasteiger partial charge in [-0.05, 0) is 25.0 Å². The number of rotatable bonds is 7. The van der Waals surface area contributed by atoms with Crippen molar-refractivity contribution in [2.75, 3.05) is 13.2 Å². The molecule has 0 heterocycles. The molecule has 4 heteroatoms. The lowest BCUT2D eigenvalue weighted by atomic mass is 10.1. The normalized spacial score (nSPS) is 11.7. The zero-order valence-electron chi connectivity index (χ0n) is 13.5. The molecule has 0 aliphatic carbocycles. The minimum Gasteiger partial charge on any atom is -0.432 e. The average Bonchev–Trinajstić information content (AvgIpc) is 2.59. The molecule has 0 bridgehead atoms. The molecule has 0 aliphatic heterocycles. The molecule has 0 amide bonds. The van der Waals surface area contributed by atoms with Crippen molar-refractivity contribution < 1.29 is 19.0 Å². The zero-order chi connectivity index (χ0) is 16.5. The summed E-state index contributed by atoms with van der Waals surface area (Å²) in [6.45, 7) is 4.57. The van der Waals surface area contributed by atoms with Crippen molar-refractivity contribution in [3.63, 3.8) is 0 Å². The smallest absolute Gasteiger partial charge is 0.432 e. The first-order chi connectivity index (χ1) is 11.2. The lowest BCUT2D eigenvalue weighted by Crippen LogP contribution is -2.17. The molecular formula is C19H22O4. The first-order valence-electron chi connectivity index (χ1n) is 7.81. The Balaban J connectivity index is 1.92. The fourth-order valence-corrected chi connectivity index (χ4v) is 2.02. The maximum absolute atomic E-state index is 11.8. The Kier molecular flexibility index (Phi) is 6.63. The summed E-state index contributed by atoms with van der Waals surface area (Å²) in [4.78, 5) is 11.8. The summed E-state index contributed by atoms with van der Waals surface area (Å²) in [6, 6.07) is 17.1. The van der Waals surface area contributed by atoms with Crippen LogP contribution in [0.2, 0.25) is 0 Å². The second-order valence-corrected chi connectivity index (χ2v) is 5.15. The van der Waals surface area contributed by atoms with Gasteiger partial charge >= 0.3 is 6.16 Å². The van der Waals surface area contributed by atoms with Crippen molar-refractivity contribution in [3.8, 4) is 16.9 Å². The SMILES string of the molecule is CCC(C)OCCOC(=O)Oc1ccccc1-c1ccccc1. The predicted octanol–water partition coefficient (Wildman–Crippen LogP) is 4.68. The molecule has 4 nitrogen and oxygen atoms in total. The maximum Gasteiger partial charge on any atom is 0.513 e. The molecule has 0 N–H and O–H groups in total. The van der Waals surface area contributed by atoms with Crippen molar-refractivity contribution in [2.24, 2.45) is 0 Å². The first kappa shape index (κ1) is 17.0. The summed E-state index contributed by atoms with van der Waals surface area (Å²) < 4.78 is 15.8. The molecular weight excluding hydrogens is 292 g/mol. The van der Waals surface area contributed by atoms with Crippen molar-refractivity contribution in [2.45, 2.75) is 26.4 Å². The number of hydrogen-bond donors (Lipinski definition) is 0. The van der Waals surface area contributed by atoms with Gasteiger partial charge in [0.15, 0.2) is 0 Å². The quantitative estimate of drug-likeness (QED) is 0.423. The summed E-state index contributed by atoms with van der Waals surface area (Å²) in [7, 11) is 0. The summed E-state index contributed by atoms with van der Waals surface area (Å²) in [6.07, 6.45) is 0.365. The molecule has 0 saturated heterocycles. The van der Waals surface area contributed by atoms with E-state index in [-0.39, 0.29) is 12.7 Å². The van der Waals surface area contributed by atoms with Crippen LogP contribution in [-0.4, -0.2) is 25.5 Å². The van der Waals surface area contributed by atoms with Crippen molar-refractivity contribution in [3.05, 3.63) is 54.6 Å². The van der Waals surface area contributed by atoms with Crippen LogP contribution >= 0.6 is 0 Å². The largest absolute Gasteiger partial charge is 0.513 e. The Morgan fingerprint density at radius 3 is 2.43 bits per heavy atom. The topological polar surface area (TPSA) is 44.8 Å². The van der Waals surface area contributed by atoms with E-state index in [2.05, 4.69) is 0 Å². The van der Waals surface area contributed by atoms with Gasteiger partial charge in [0.25, 0.3) is 0 Å². The highest BCUT2D eigenvalue weighted by atomic mass is 16.7. The van der Waals surface area contributed by atoms with Gasteiger partial charge in [0.1, 0.15) is 12.4 Å². The van der Waals surface area contributed by atoms with Crippen LogP contribution in [0.5, 0.6) is 5.75 Å². The minimum absolute atomic E-state index is 0.161. The van der Waals surface area contributed by atoms with E-state index in [4.69, 9.17) is 14.2 Å². The van der Waals surface area contributed by atoms with Crippen LogP contribution < -0.4 is 4.74 Å².